The highest BCUT2D eigenvalue weighted by Crippen LogP contribution is 2.33. The Bertz CT molecular complexity index is 539. The number of Topliss-reactive ketones (excluding diaryl/α,β-unsaturated/α-hetero) is 1. The largest absolute Gasteiger partial charge is 0.310 e. The number of rotatable bonds is 3. The zero-order chi connectivity index (χ0) is 14.9. The van der Waals surface area contributed by atoms with Crippen LogP contribution in [0.2, 0.25) is 5.02 Å². The standard InChI is InChI=1S/C15H17BrClNO2/c1-15(2,16)13(19)10-6-5-9-18(14(10)20)12-8-4-3-7-11(12)17/h3-4,7-8,10H,5-6,9H2,1-2H3/t10-/m0/s1. The lowest BCUT2D eigenvalue weighted by Crippen LogP contribution is -2.48. The van der Waals surface area contributed by atoms with Gasteiger partial charge in [-0.25, -0.2) is 0 Å². The molecule has 1 saturated heterocycles. The number of para-hydroxylation sites is 1. The van der Waals surface area contributed by atoms with Gasteiger partial charge in [-0.2, -0.15) is 0 Å². The second kappa shape index (κ2) is 5.86. The highest BCUT2D eigenvalue weighted by molar-refractivity contribution is 9.10. The SMILES string of the molecule is CC(C)(Br)C(=O)[C@@H]1CCCN(c2ccccc2Cl)C1=O. The molecule has 0 aliphatic carbocycles. The lowest BCUT2D eigenvalue weighted by molar-refractivity contribution is -0.134. The summed E-state index contributed by atoms with van der Waals surface area (Å²) in [5.74, 6) is -0.810. The maximum Gasteiger partial charge on any atom is 0.237 e. The first-order valence-corrected chi connectivity index (χ1v) is 7.78. The van der Waals surface area contributed by atoms with Crippen molar-refractivity contribution in [2.24, 2.45) is 5.92 Å². The summed E-state index contributed by atoms with van der Waals surface area (Å²) in [4.78, 5) is 26.6. The lowest BCUT2D eigenvalue weighted by atomic mass is 9.87. The molecule has 0 bridgehead atoms. The van der Waals surface area contributed by atoms with Gasteiger partial charge in [0.05, 0.1) is 21.0 Å². The molecule has 20 heavy (non-hydrogen) atoms. The number of carbonyl (C=O) groups is 2. The van der Waals surface area contributed by atoms with Crippen molar-refractivity contribution in [1.29, 1.82) is 0 Å². The van der Waals surface area contributed by atoms with E-state index in [1.807, 2.05) is 18.2 Å². The number of hydrogen-bond donors (Lipinski definition) is 0. The van der Waals surface area contributed by atoms with Gasteiger partial charge in [0.15, 0.2) is 5.78 Å². The summed E-state index contributed by atoms with van der Waals surface area (Å²) < 4.78 is -0.684. The molecule has 1 aromatic carbocycles. The van der Waals surface area contributed by atoms with Crippen LogP contribution in [0.1, 0.15) is 26.7 Å². The summed E-state index contributed by atoms with van der Waals surface area (Å²) in [5, 5.41) is 0.534. The van der Waals surface area contributed by atoms with Crippen LogP contribution in [0.25, 0.3) is 0 Å². The van der Waals surface area contributed by atoms with Gasteiger partial charge in [0.2, 0.25) is 5.91 Å². The highest BCUT2D eigenvalue weighted by Gasteiger charge is 2.40. The number of piperidine rings is 1. The molecule has 0 N–H and O–H groups in total. The van der Waals surface area contributed by atoms with E-state index in [4.69, 9.17) is 11.6 Å². The average Bonchev–Trinajstić information content (AvgIpc) is 2.38. The number of carbonyl (C=O) groups excluding carboxylic acids is 2. The van der Waals surface area contributed by atoms with Gasteiger partial charge in [0.25, 0.3) is 0 Å². The molecule has 0 radical (unpaired) electrons. The molecule has 108 valence electrons. The first-order valence-electron chi connectivity index (χ1n) is 6.61. The van der Waals surface area contributed by atoms with Crippen LogP contribution in [0, 0.1) is 5.92 Å². The fourth-order valence-corrected chi connectivity index (χ4v) is 2.96. The molecule has 0 aromatic heterocycles. The van der Waals surface area contributed by atoms with Crippen LogP contribution in [-0.4, -0.2) is 22.6 Å². The minimum absolute atomic E-state index is 0.0701. The van der Waals surface area contributed by atoms with E-state index >= 15 is 0 Å². The van der Waals surface area contributed by atoms with Crippen LogP contribution in [0.15, 0.2) is 24.3 Å². The Labute approximate surface area is 132 Å². The maximum absolute atomic E-state index is 12.6. The van der Waals surface area contributed by atoms with E-state index in [9.17, 15) is 9.59 Å². The molecule has 1 amide bonds. The van der Waals surface area contributed by atoms with Gasteiger partial charge in [-0.05, 0) is 38.8 Å². The summed E-state index contributed by atoms with van der Waals surface area (Å²) in [6, 6.07) is 7.23. The number of amides is 1. The Hall–Kier alpha value is -0.870. The number of anilines is 1. The monoisotopic (exact) mass is 357 g/mol. The van der Waals surface area contributed by atoms with E-state index in [0.717, 1.165) is 6.42 Å². The van der Waals surface area contributed by atoms with Crippen molar-refractivity contribution in [1.82, 2.24) is 0 Å². The second-order valence-electron chi connectivity index (χ2n) is 5.47. The summed E-state index contributed by atoms with van der Waals surface area (Å²) >= 11 is 9.50. The third-order valence-electron chi connectivity index (χ3n) is 3.48. The van der Waals surface area contributed by atoms with Gasteiger partial charge in [-0.1, -0.05) is 39.7 Å². The number of benzene rings is 1. The molecule has 1 heterocycles. The molecular weight excluding hydrogens is 342 g/mol. The van der Waals surface area contributed by atoms with Gasteiger partial charge in [0, 0.05) is 6.54 Å². The second-order valence-corrected chi connectivity index (χ2v) is 7.86. The van der Waals surface area contributed by atoms with Crippen LogP contribution in [0.4, 0.5) is 5.69 Å². The minimum Gasteiger partial charge on any atom is -0.310 e. The van der Waals surface area contributed by atoms with Crippen molar-refractivity contribution < 1.29 is 9.59 Å². The molecule has 5 heteroatoms. The topological polar surface area (TPSA) is 37.4 Å². The van der Waals surface area contributed by atoms with Gasteiger partial charge >= 0.3 is 0 Å². The van der Waals surface area contributed by atoms with Gasteiger partial charge in [-0.15, -0.1) is 0 Å². The summed E-state index contributed by atoms with van der Waals surface area (Å²) in [7, 11) is 0. The molecule has 1 aromatic rings. The molecule has 3 nitrogen and oxygen atoms in total. The summed E-state index contributed by atoms with van der Waals surface area (Å²) in [6.45, 7) is 4.16. The lowest BCUT2D eigenvalue weighted by Gasteiger charge is -2.34. The fourth-order valence-electron chi connectivity index (χ4n) is 2.44. The van der Waals surface area contributed by atoms with Crippen LogP contribution in [0.3, 0.4) is 0 Å². The first-order chi connectivity index (χ1) is 9.32. The third kappa shape index (κ3) is 3.07. The molecule has 0 spiro atoms. The number of hydrogen-bond acceptors (Lipinski definition) is 2. The Morgan fingerprint density at radius 2 is 2.05 bits per heavy atom. The van der Waals surface area contributed by atoms with Crippen LogP contribution in [-0.2, 0) is 9.59 Å². The predicted molar refractivity (Wildman–Crippen MR) is 84.5 cm³/mol. The van der Waals surface area contributed by atoms with Crippen molar-refractivity contribution in [2.75, 3.05) is 11.4 Å². The van der Waals surface area contributed by atoms with E-state index in [1.165, 1.54) is 0 Å². The molecule has 0 unspecified atom stereocenters. The molecule has 1 fully saturated rings. The van der Waals surface area contributed by atoms with E-state index in [1.54, 1.807) is 24.8 Å². The van der Waals surface area contributed by atoms with Crippen molar-refractivity contribution in [2.45, 2.75) is 31.0 Å². The molecular formula is C15H17BrClNO2. The number of nitrogens with zero attached hydrogens (tertiary/aromatic N) is 1. The Morgan fingerprint density at radius 1 is 1.40 bits per heavy atom. The zero-order valence-electron chi connectivity index (χ0n) is 11.5. The van der Waals surface area contributed by atoms with Crippen LogP contribution < -0.4 is 4.90 Å². The maximum atomic E-state index is 12.6. The van der Waals surface area contributed by atoms with Gasteiger partial charge in [0.1, 0.15) is 0 Å². The average molecular weight is 359 g/mol. The van der Waals surface area contributed by atoms with E-state index < -0.39 is 10.2 Å². The van der Waals surface area contributed by atoms with Crippen LogP contribution >= 0.6 is 27.5 Å². The van der Waals surface area contributed by atoms with E-state index in [-0.39, 0.29) is 11.7 Å². The fraction of sp³-hybridized carbons (Fsp3) is 0.467. The number of alkyl halides is 1. The summed E-state index contributed by atoms with van der Waals surface area (Å²) in [5.41, 5.74) is 0.684. The Balaban J connectivity index is 2.28. The number of ketones is 1. The third-order valence-corrected chi connectivity index (χ3v) is 4.19. The molecule has 1 aliphatic rings. The molecule has 1 aliphatic heterocycles. The molecule has 1 atom stereocenters. The zero-order valence-corrected chi connectivity index (χ0v) is 13.9. The predicted octanol–water partition coefficient (Wildman–Crippen LogP) is 3.83. The first kappa shape index (κ1) is 15.5. The van der Waals surface area contributed by atoms with Crippen molar-refractivity contribution >= 4 is 44.9 Å². The van der Waals surface area contributed by atoms with Crippen LogP contribution in [0.5, 0.6) is 0 Å². The number of halogens is 2. The van der Waals surface area contributed by atoms with Crippen molar-refractivity contribution in [3.8, 4) is 0 Å². The Morgan fingerprint density at radius 3 is 2.65 bits per heavy atom. The molecule has 0 saturated carbocycles. The van der Waals surface area contributed by atoms with Crippen molar-refractivity contribution in [3.05, 3.63) is 29.3 Å². The smallest absolute Gasteiger partial charge is 0.237 e. The summed E-state index contributed by atoms with van der Waals surface area (Å²) in [6.07, 6.45) is 1.41. The minimum atomic E-state index is -0.684. The Kier molecular flexibility index (Phi) is 4.55. The quantitative estimate of drug-likeness (QED) is 0.608. The van der Waals surface area contributed by atoms with E-state index in [2.05, 4.69) is 15.9 Å². The molecule has 2 rings (SSSR count). The highest BCUT2D eigenvalue weighted by atomic mass is 79.9. The van der Waals surface area contributed by atoms with Crippen molar-refractivity contribution in [3.63, 3.8) is 0 Å². The van der Waals surface area contributed by atoms with Gasteiger partial charge in [-0.3, -0.25) is 9.59 Å². The van der Waals surface area contributed by atoms with Gasteiger partial charge < -0.3 is 4.90 Å². The normalized spacial score (nSPS) is 20.1. The van der Waals surface area contributed by atoms with E-state index in [0.29, 0.717) is 23.7 Å².